The van der Waals surface area contributed by atoms with Gasteiger partial charge in [-0.3, -0.25) is 19.6 Å². The van der Waals surface area contributed by atoms with E-state index in [1.807, 2.05) is 30.2 Å². The molecule has 2 fully saturated rings. The maximum absolute atomic E-state index is 13.5. The van der Waals surface area contributed by atoms with Crippen molar-refractivity contribution in [1.29, 1.82) is 0 Å². The first-order chi connectivity index (χ1) is 15.6. The summed E-state index contributed by atoms with van der Waals surface area (Å²) in [5.41, 5.74) is 1.75. The topological polar surface area (TPSA) is 56.8 Å². The Morgan fingerprint density at radius 3 is 2.44 bits per heavy atom. The van der Waals surface area contributed by atoms with Gasteiger partial charge in [-0.15, -0.1) is 11.8 Å². The van der Waals surface area contributed by atoms with Gasteiger partial charge in [0, 0.05) is 50.0 Å². The van der Waals surface area contributed by atoms with Crippen LogP contribution in [0, 0.1) is 0 Å². The molecule has 0 atom stereocenters. The number of piperidine rings is 1. The first-order valence-corrected chi connectivity index (χ1v) is 12.7. The van der Waals surface area contributed by atoms with Gasteiger partial charge in [0.2, 0.25) is 0 Å². The molecule has 3 amide bonds. The summed E-state index contributed by atoms with van der Waals surface area (Å²) in [5, 5.41) is 0. The zero-order valence-electron chi connectivity index (χ0n) is 19.0. The fraction of sp³-hybridized carbons (Fsp3) is 0.480. The number of rotatable bonds is 8. The smallest absolute Gasteiger partial charge is 0.310 e. The Balaban J connectivity index is 1.37. The van der Waals surface area contributed by atoms with Crippen molar-refractivity contribution in [2.45, 2.75) is 49.6 Å². The highest BCUT2D eigenvalue weighted by atomic mass is 32.2. The molecule has 170 valence electrons. The third kappa shape index (κ3) is 4.55. The predicted molar refractivity (Wildman–Crippen MR) is 128 cm³/mol. The van der Waals surface area contributed by atoms with Gasteiger partial charge < -0.3 is 4.90 Å². The van der Waals surface area contributed by atoms with Crippen LogP contribution in [-0.2, 0) is 17.8 Å². The summed E-state index contributed by atoms with van der Waals surface area (Å²) in [6, 6.07) is 12.5. The van der Waals surface area contributed by atoms with Crippen LogP contribution in [0.25, 0.3) is 0 Å². The Bertz CT molecular complexity index is 927. The van der Waals surface area contributed by atoms with E-state index in [9.17, 15) is 9.59 Å². The van der Waals surface area contributed by atoms with Crippen LogP contribution in [-0.4, -0.2) is 69.6 Å². The summed E-state index contributed by atoms with van der Waals surface area (Å²) in [6.45, 7) is 5.54. The zero-order valence-corrected chi connectivity index (χ0v) is 19.8. The van der Waals surface area contributed by atoms with Gasteiger partial charge >= 0.3 is 6.03 Å². The average molecular weight is 453 g/mol. The maximum atomic E-state index is 13.5. The maximum Gasteiger partial charge on any atom is 0.327 e. The molecule has 1 spiro atoms. The second-order valence-corrected chi connectivity index (χ2v) is 9.48. The quantitative estimate of drug-likeness (QED) is 0.447. The number of hydrogen-bond acceptors (Lipinski definition) is 5. The molecule has 2 saturated heterocycles. The summed E-state index contributed by atoms with van der Waals surface area (Å²) < 4.78 is 0. The van der Waals surface area contributed by atoms with Crippen LogP contribution in [0.5, 0.6) is 0 Å². The summed E-state index contributed by atoms with van der Waals surface area (Å²) >= 11 is 1.75. The summed E-state index contributed by atoms with van der Waals surface area (Å²) in [5.74, 6) is -0.000454. The van der Waals surface area contributed by atoms with Crippen LogP contribution < -0.4 is 0 Å². The number of thioether (sulfide) groups is 1. The second-order valence-electron chi connectivity index (χ2n) is 8.60. The first-order valence-electron chi connectivity index (χ1n) is 11.4. The van der Waals surface area contributed by atoms with Crippen LogP contribution in [0.2, 0.25) is 0 Å². The summed E-state index contributed by atoms with van der Waals surface area (Å²) in [7, 11) is 0. The number of pyridine rings is 1. The Labute approximate surface area is 195 Å². The van der Waals surface area contributed by atoms with E-state index in [1.165, 1.54) is 15.4 Å². The van der Waals surface area contributed by atoms with Crippen molar-refractivity contribution >= 4 is 23.7 Å². The predicted octanol–water partition coefficient (Wildman–Crippen LogP) is 4.06. The molecule has 2 aromatic rings. The number of carbonyl (C=O) groups is 2. The number of hydrogen-bond donors (Lipinski definition) is 0. The number of nitrogens with zero attached hydrogens (tertiary/aromatic N) is 4. The number of carbonyl (C=O) groups excluding carboxylic acids is 2. The molecule has 0 unspecified atom stereocenters. The third-order valence-electron chi connectivity index (χ3n) is 6.76. The molecular weight excluding hydrogens is 420 g/mol. The van der Waals surface area contributed by atoms with Crippen molar-refractivity contribution in [2.24, 2.45) is 0 Å². The number of urea groups is 1. The lowest BCUT2D eigenvalue weighted by atomic mass is 9.85. The largest absolute Gasteiger partial charge is 0.327 e. The molecule has 1 aromatic carbocycles. The van der Waals surface area contributed by atoms with Crippen molar-refractivity contribution in [2.75, 3.05) is 32.4 Å². The number of amides is 3. The van der Waals surface area contributed by atoms with E-state index in [2.05, 4.69) is 40.4 Å². The standard InChI is InChI=1S/C25H32N4O2S/c1-3-29-24(31)28(15-5-7-20-6-4-14-26-18-20)23(30)25(29)12-16-27(17-13-25)19-21-8-10-22(32-2)11-9-21/h4,6,8-11,14,18H,3,5,7,12-13,15-17,19H2,1-2H3. The molecule has 3 heterocycles. The van der Waals surface area contributed by atoms with Crippen LogP contribution in [0.1, 0.15) is 37.3 Å². The second kappa shape index (κ2) is 10.0. The minimum atomic E-state index is -0.667. The molecular formula is C25H32N4O2S. The molecule has 4 rings (SSSR count). The van der Waals surface area contributed by atoms with Gasteiger partial charge in [0.05, 0.1) is 0 Å². The summed E-state index contributed by atoms with van der Waals surface area (Å²) in [4.78, 5) is 37.7. The van der Waals surface area contributed by atoms with Crippen LogP contribution in [0.4, 0.5) is 4.79 Å². The SMILES string of the molecule is CCN1C(=O)N(CCCc2cccnc2)C(=O)C12CCN(Cc1ccc(SC)cc1)CC2. The van der Waals surface area contributed by atoms with E-state index >= 15 is 0 Å². The number of aryl methyl sites for hydroxylation is 1. The van der Waals surface area contributed by atoms with Crippen LogP contribution in [0.15, 0.2) is 53.7 Å². The van der Waals surface area contributed by atoms with Crippen molar-refractivity contribution < 1.29 is 9.59 Å². The van der Waals surface area contributed by atoms with Gasteiger partial charge in [-0.1, -0.05) is 18.2 Å². The van der Waals surface area contributed by atoms with E-state index in [0.717, 1.165) is 38.0 Å². The van der Waals surface area contributed by atoms with E-state index in [1.54, 1.807) is 18.0 Å². The Hall–Kier alpha value is -2.38. The number of benzene rings is 1. The van der Waals surface area contributed by atoms with Crippen molar-refractivity contribution in [3.63, 3.8) is 0 Å². The van der Waals surface area contributed by atoms with E-state index in [4.69, 9.17) is 0 Å². The van der Waals surface area contributed by atoms with Gasteiger partial charge in [0.25, 0.3) is 5.91 Å². The molecule has 7 heteroatoms. The Morgan fingerprint density at radius 2 is 1.81 bits per heavy atom. The highest BCUT2D eigenvalue weighted by Gasteiger charge is 2.57. The van der Waals surface area contributed by atoms with Gasteiger partial charge in [0.1, 0.15) is 5.54 Å². The van der Waals surface area contributed by atoms with Crippen LogP contribution in [0.3, 0.4) is 0 Å². The lowest BCUT2D eigenvalue weighted by Crippen LogP contribution is -2.56. The molecule has 0 aliphatic carbocycles. The molecule has 0 bridgehead atoms. The molecule has 2 aliphatic heterocycles. The zero-order chi connectivity index (χ0) is 22.6. The molecule has 0 N–H and O–H groups in total. The highest BCUT2D eigenvalue weighted by Crippen LogP contribution is 2.37. The fourth-order valence-corrected chi connectivity index (χ4v) is 5.37. The molecule has 2 aliphatic rings. The first kappa shape index (κ1) is 22.8. The van der Waals surface area contributed by atoms with E-state index < -0.39 is 5.54 Å². The minimum absolute atomic E-state index is 0.000454. The molecule has 1 aromatic heterocycles. The lowest BCUT2D eigenvalue weighted by Gasteiger charge is -2.42. The molecule has 0 radical (unpaired) electrons. The third-order valence-corrected chi connectivity index (χ3v) is 7.50. The van der Waals surface area contributed by atoms with Gasteiger partial charge in [-0.25, -0.2) is 4.79 Å². The molecule has 6 nitrogen and oxygen atoms in total. The van der Waals surface area contributed by atoms with Gasteiger partial charge in [-0.2, -0.15) is 0 Å². The monoisotopic (exact) mass is 452 g/mol. The minimum Gasteiger partial charge on any atom is -0.310 e. The Kier molecular flexibility index (Phi) is 7.16. The van der Waals surface area contributed by atoms with Crippen molar-refractivity contribution in [3.05, 3.63) is 59.9 Å². The normalized spacial score (nSPS) is 18.7. The summed E-state index contributed by atoms with van der Waals surface area (Å²) in [6.07, 6.45) is 8.66. The Morgan fingerprint density at radius 1 is 1.06 bits per heavy atom. The highest BCUT2D eigenvalue weighted by molar-refractivity contribution is 7.98. The number of likely N-dealkylation sites (tertiary alicyclic amines) is 1. The molecule has 32 heavy (non-hydrogen) atoms. The lowest BCUT2D eigenvalue weighted by molar-refractivity contribution is -0.135. The number of likely N-dealkylation sites (N-methyl/N-ethyl adjacent to an activating group) is 1. The van der Waals surface area contributed by atoms with Crippen molar-refractivity contribution in [3.8, 4) is 0 Å². The van der Waals surface area contributed by atoms with Gasteiger partial charge in [0.15, 0.2) is 0 Å². The van der Waals surface area contributed by atoms with Crippen LogP contribution >= 0.6 is 11.8 Å². The van der Waals surface area contributed by atoms with E-state index in [0.29, 0.717) is 25.9 Å². The fourth-order valence-electron chi connectivity index (χ4n) is 4.96. The van der Waals surface area contributed by atoms with Gasteiger partial charge in [-0.05, 0) is 68.2 Å². The molecule has 0 saturated carbocycles. The average Bonchev–Trinajstić information content (AvgIpc) is 3.02. The number of imide groups is 1. The van der Waals surface area contributed by atoms with Crippen molar-refractivity contribution in [1.82, 2.24) is 19.7 Å². The number of aromatic nitrogens is 1. The van der Waals surface area contributed by atoms with E-state index in [-0.39, 0.29) is 11.9 Å².